The number of hydrogen-bond donors (Lipinski definition) is 1. The zero-order valence-electron chi connectivity index (χ0n) is 12.2. The zero-order chi connectivity index (χ0) is 15.8. The van der Waals surface area contributed by atoms with E-state index in [0.717, 1.165) is 5.56 Å². The van der Waals surface area contributed by atoms with Gasteiger partial charge in [-0.3, -0.25) is 9.59 Å². The van der Waals surface area contributed by atoms with Crippen molar-refractivity contribution in [1.29, 1.82) is 0 Å². The molecular formula is C15H20ClNO4. The van der Waals surface area contributed by atoms with Crippen LogP contribution in [0.15, 0.2) is 24.3 Å². The lowest BCUT2D eigenvalue weighted by atomic mass is 10.1. The van der Waals surface area contributed by atoms with E-state index in [4.69, 9.17) is 16.7 Å². The number of nitrogens with zero attached hydrogens (tertiary/aromatic N) is 1. The highest BCUT2D eigenvalue weighted by Crippen LogP contribution is 2.11. The van der Waals surface area contributed by atoms with Crippen LogP contribution in [0.3, 0.4) is 0 Å². The Kier molecular flexibility index (Phi) is 7.19. The smallest absolute Gasteiger partial charge is 0.310 e. The van der Waals surface area contributed by atoms with Gasteiger partial charge in [-0.15, -0.1) is 0 Å². The summed E-state index contributed by atoms with van der Waals surface area (Å²) in [5, 5.41) is 9.68. The van der Waals surface area contributed by atoms with Crippen molar-refractivity contribution in [2.45, 2.75) is 13.3 Å². The van der Waals surface area contributed by atoms with E-state index in [1.165, 1.54) is 12.0 Å². The molecule has 116 valence electrons. The number of methoxy groups -OCH3 is 1. The molecule has 1 aromatic carbocycles. The molecule has 6 heteroatoms. The van der Waals surface area contributed by atoms with Crippen LogP contribution < -0.4 is 0 Å². The van der Waals surface area contributed by atoms with E-state index in [2.05, 4.69) is 4.74 Å². The Balaban J connectivity index is 2.68. The van der Waals surface area contributed by atoms with E-state index in [-0.39, 0.29) is 38.0 Å². The van der Waals surface area contributed by atoms with E-state index < -0.39 is 5.92 Å². The zero-order valence-corrected chi connectivity index (χ0v) is 13.0. The summed E-state index contributed by atoms with van der Waals surface area (Å²) in [6.45, 7) is 1.94. The maximum Gasteiger partial charge on any atom is 0.310 e. The summed E-state index contributed by atoms with van der Waals surface area (Å²) < 4.78 is 4.65. The molecule has 1 unspecified atom stereocenters. The van der Waals surface area contributed by atoms with Gasteiger partial charge in [-0.25, -0.2) is 0 Å². The lowest BCUT2D eigenvalue weighted by Gasteiger charge is -2.24. The predicted molar refractivity (Wildman–Crippen MR) is 80.0 cm³/mol. The molecule has 0 fully saturated rings. The molecule has 0 bridgehead atoms. The number of benzene rings is 1. The normalized spacial score (nSPS) is 11.8. The van der Waals surface area contributed by atoms with Crippen molar-refractivity contribution in [2.24, 2.45) is 5.92 Å². The highest BCUT2D eigenvalue weighted by atomic mass is 35.5. The first-order valence-electron chi connectivity index (χ1n) is 6.68. The number of rotatable bonds is 7. The molecular weight excluding hydrogens is 294 g/mol. The number of hydrogen-bond acceptors (Lipinski definition) is 4. The summed E-state index contributed by atoms with van der Waals surface area (Å²) in [7, 11) is 1.31. The highest BCUT2D eigenvalue weighted by Gasteiger charge is 2.21. The van der Waals surface area contributed by atoms with Crippen LogP contribution in [0, 0.1) is 5.92 Å². The number of aliphatic hydroxyl groups excluding tert-OH is 1. The van der Waals surface area contributed by atoms with Crippen LogP contribution in [0.5, 0.6) is 0 Å². The number of ether oxygens (including phenoxy) is 1. The maximum absolute atomic E-state index is 12.3. The van der Waals surface area contributed by atoms with Gasteiger partial charge in [-0.2, -0.15) is 0 Å². The molecule has 0 aliphatic rings. The van der Waals surface area contributed by atoms with Crippen molar-refractivity contribution in [1.82, 2.24) is 4.90 Å². The molecule has 1 N–H and O–H groups in total. The Labute approximate surface area is 129 Å². The van der Waals surface area contributed by atoms with Gasteiger partial charge < -0.3 is 14.7 Å². The standard InChI is InChI=1S/C15H20ClNO4/c1-11(15(20)21-2)10-17(7-8-18)14(19)9-12-3-5-13(16)6-4-12/h3-6,11,18H,7-10H2,1-2H3. The van der Waals surface area contributed by atoms with Crippen LogP contribution in [-0.4, -0.2) is 48.7 Å². The Hall–Kier alpha value is -1.59. The molecule has 0 aliphatic heterocycles. The van der Waals surface area contributed by atoms with Crippen molar-refractivity contribution >= 4 is 23.5 Å². The van der Waals surface area contributed by atoms with Gasteiger partial charge in [0.2, 0.25) is 5.91 Å². The molecule has 0 saturated carbocycles. The average Bonchev–Trinajstić information content (AvgIpc) is 2.48. The van der Waals surface area contributed by atoms with Gasteiger partial charge in [0, 0.05) is 18.1 Å². The first-order valence-corrected chi connectivity index (χ1v) is 7.06. The third-order valence-corrected chi connectivity index (χ3v) is 3.34. The summed E-state index contributed by atoms with van der Waals surface area (Å²) in [4.78, 5) is 25.2. The molecule has 0 saturated heterocycles. The van der Waals surface area contributed by atoms with Crippen LogP contribution in [0.25, 0.3) is 0 Å². The van der Waals surface area contributed by atoms with Gasteiger partial charge in [0.25, 0.3) is 0 Å². The molecule has 1 amide bonds. The largest absolute Gasteiger partial charge is 0.469 e. The number of amides is 1. The summed E-state index contributed by atoms with van der Waals surface area (Å²) >= 11 is 5.80. The Morgan fingerprint density at radius 1 is 1.33 bits per heavy atom. The average molecular weight is 314 g/mol. The van der Waals surface area contributed by atoms with Crippen molar-refractivity contribution in [3.05, 3.63) is 34.9 Å². The van der Waals surface area contributed by atoms with Crippen LogP contribution in [-0.2, 0) is 20.7 Å². The topological polar surface area (TPSA) is 66.8 Å². The second-order valence-corrected chi connectivity index (χ2v) is 5.23. The molecule has 1 rings (SSSR count). The fourth-order valence-corrected chi connectivity index (χ4v) is 2.06. The summed E-state index contributed by atoms with van der Waals surface area (Å²) in [6.07, 6.45) is 0.199. The van der Waals surface area contributed by atoms with E-state index in [1.54, 1.807) is 31.2 Å². The third kappa shape index (κ3) is 5.73. The summed E-state index contributed by atoms with van der Waals surface area (Å²) in [5.41, 5.74) is 0.832. The fourth-order valence-electron chi connectivity index (χ4n) is 1.93. The molecule has 1 atom stereocenters. The van der Waals surface area contributed by atoms with Crippen molar-refractivity contribution in [3.8, 4) is 0 Å². The van der Waals surface area contributed by atoms with Crippen LogP contribution in [0.4, 0.5) is 0 Å². The number of aliphatic hydroxyl groups is 1. The Morgan fingerprint density at radius 2 is 1.95 bits per heavy atom. The fraction of sp³-hybridized carbons (Fsp3) is 0.467. The SMILES string of the molecule is COC(=O)C(C)CN(CCO)C(=O)Cc1ccc(Cl)cc1. The van der Waals surface area contributed by atoms with Crippen LogP contribution >= 0.6 is 11.6 Å². The minimum Gasteiger partial charge on any atom is -0.469 e. The van der Waals surface area contributed by atoms with Gasteiger partial charge in [0.1, 0.15) is 0 Å². The predicted octanol–water partition coefficient (Wildman–Crippen LogP) is 1.51. The highest BCUT2D eigenvalue weighted by molar-refractivity contribution is 6.30. The van der Waals surface area contributed by atoms with Gasteiger partial charge in [0.15, 0.2) is 0 Å². The van der Waals surface area contributed by atoms with Crippen LogP contribution in [0.2, 0.25) is 5.02 Å². The summed E-state index contributed by atoms with van der Waals surface area (Å²) in [6, 6.07) is 7.00. The molecule has 0 radical (unpaired) electrons. The van der Waals surface area contributed by atoms with Gasteiger partial charge in [-0.05, 0) is 17.7 Å². The van der Waals surface area contributed by atoms with Crippen molar-refractivity contribution < 1.29 is 19.4 Å². The lowest BCUT2D eigenvalue weighted by molar-refractivity contribution is -0.146. The van der Waals surface area contributed by atoms with Gasteiger partial charge in [-0.1, -0.05) is 30.7 Å². The van der Waals surface area contributed by atoms with Gasteiger partial charge >= 0.3 is 5.97 Å². The van der Waals surface area contributed by atoms with E-state index in [9.17, 15) is 9.59 Å². The molecule has 0 heterocycles. The lowest BCUT2D eigenvalue weighted by Crippen LogP contribution is -2.39. The molecule has 1 aromatic rings. The minimum absolute atomic E-state index is 0.151. The Morgan fingerprint density at radius 3 is 2.48 bits per heavy atom. The molecule has 5 nitrogen and oxygen atoms in total. The Bertz CT molecular complexity index is 475. The summed E-state index contributed by atoms with van der Waals surface area (Å²) in [5.74, 6) is -0.963. The van der Waals surface area contributed by atoms with E-state index >= 15 is 0 Å². The number of halogens is 1. The van der Waals surface area contributed by atoms with Crippen molar-refractivity contribution in [3.63, 3.8) is 0 Å². The van der Waals surface area contributed by atoms with E-state index in [1.807, 2.05) is 0 Å². The second kappa shape index (κ2) is 8.64. The van der Waals surface area contributed by atoms with E-state index in [0.29, 0.717) is 5.02 Å². The molecule has 21 heavy (non-hydrogen) atoms. The number of esters is 1. The quantitative estimate of drug-likeness (QED) is 0.775. The monoisotopic (exact) mass is 313 g/mol. The third-order valence-electron chi connectivity index (χ3n) is 3.09. The number of carbonyl (C=O) groups is 2. The van der Waals surface area contributed by atoms with Crippen LogP contribution in [0.1, 0.15) is 12.5 Å². The molecule has 0 spiro atoms. The second-order valence-electron chi connectivity index (χ2n) is 4.79. The molecule has 0 aliphatic carbocycles. The van der Waals surface area contributed by atoms with Crippen molar-refractivity contribution in [2.75, 3.05) is 26.8 Å². The first kappa shape index (κ1) is 17.5. The first-order chi connectivity index (χ1) is 9.97. The molecule has 0 aromatic heterocycles. The minimum atomic E-state index is -0.435. The maximum atomic E-state index is 12.3. The number of carbonyl (C=O) groups excluding carboxylic acids is 2. The van der Waals surface area contributed by atoms with Gasteiger partial charge in [0.05, 0.1) is 26.1 Å².